The van der Waals surface area contributed by atoms with E-state index in [1.807, 2.05) is 0 Å². The normalized spacial score (nSPS) is 19.7. The van der Waals surface area contributed by atoms with Gasteiger partial charge in [-0.15, -0.1) is 24.0 Å². The molecule has 0 aromatic heterocycles. The molecule has 0 aromatic rings. The predicted molar refractivity (Wildman–Crippen MR) is 119 cm³/mol. The maximum Gasteiger partial charge on any atom is 0.213 e. The van der Waals surface area contributed by atoms with Crippen LogP contribution in [0, 0.1) is 5.92 Å². The fraction of sp³-hybridized carbons (Fsp3) is 0.941. The number of sulfonamides is 1. The Labute approximate surface area is 176 Å². The number of guanidine groups is 1. The molecule has 2 unspecified atom stereocenters. The molecule has 1 fully saturated rings. The summed E-state index contributed by atoms with van der Waals surface area (Å²) in [6.45, 7) is 7.92. The Bertz CT molecular complexity index is 494. The first kappa shape index (κ1) is 25.9. The van der Waals surface area contributed by atoms with Crippen LogP contribution < -0.4 is 15.4 Å². The van der Waals surface area contributed by atoms with Crippen molar-refractivity contribution >= 4 is 40.0 Å². The first-order valence-electron chi connectivity index (χ1n) is 9.38. The minimum absolute atomic E-state index is 0. The molecule has 1 aliphatic rings. The molecule has 1 heterocycles. The average molecular weight is 504 g/mol. The minimum Gasteiger partial charge on any atom is -0.377 e. The van der Waals surface area contributed by atoms with Crippen molar-refractivity contribution in [2.24, 2.45) is 10.9 Å². The van der Waals surface area contributed by atoms with Gasteiger partial charge in [0.2, 0.25) is 10.0 Å². The van der Waals surface area contributed by atoms with Crippen LogP contribution in [0.2, 0.25) is 0 Å². The molecule has 1 saturated heterocycles. The standard InChI is InChI=1S/C17H36N4O3S.HI/c1-14(2)8-9-15(3)21-17(18-4)19-10-12-25(22,23)20-13-16-7-5-6-11-24-16;/h14-16,20H,5-13H2,1-4H3,(H2,18,19,21);1H. The van der Waals surface area contributed by atoms with E-state index in [-0.39, 0.29) is 35.8 Å². The first-order valence-corrected chi connectivity index (χ1v) is 11.0. The van der Waals surface area contributed by atoms with E-state index in [4.69, 9.17) is 4.74 Å². The third-order valence-corrected chi connectivity index (χ3v) is 5.60. The number of rotatable bonds is 10. The van der Waals surface area contributed by atoms with Gasteiger partial charge in [0.1, 0.15) is 0 Å². The second-order valence-electron chi connectivity index (χ2n) is 7.17. The smallest absolute Gasteiger partial charge is 0.213 e. The zero-order chi connectivity index (χ0) is 18.7. The first-order chi connectivity index (χ1) is 11.8. The van der Waals surface area contributed by atoms with Gasteiger partial charge in [-0.25, -0.2) is 13.1 Å². The number of nitrogens with one attached hydrogen (secondary N) is 3. The largest absolute Gasteiger partial charge is 0.377 e. The Morgan fingerprint density at radius 3 is 2.54 bits per heavy atom. The molecule has 0 radical (unpaired) electrons. The van der Waals surface area contributed by atoms with Crippen molar-refractivity contribution in [3.05, 3.63) is 0 Å². The van der Waals surface area contributed by atoms with Crippen LogP contribution in [0.5, 0.6) is 0 Å². The molecule has 7 nitrogen and oxygen atoms in total. The number of hydrogen-bond donors (Lipinski definition) is 3. The zero-order valence-electron chi connectivity index (χ0n) is 16.6. The second-order valence-corrected chi connectivity index (χ2v) is 9.10. The van der Waals surface area contributed by atoms with Gasteiger partial charge in [-0.2, -0.15) is 0 Å². The molecule has 0 amide bonds. The third kappa shape index (κ3) is 12.3. The van der Waals surface area contributed by atoms with Crippen LogP contribution >= 0.6 is 24.0 Å². The van der Waals surface area contributed by atoms with E-state index >= 15 is 0 Å². The number of ether oxygens (including phenoxy) is 1. The molecule has 156 valence electrons. The van der Waals surface area contributed by atoms with E-state index < -0.39 is 10.0 Å². The van der Waals surface area contributed by atoms with Crippen molar-refractivity contribution < 1.29 is 13.2 Å². The predicted octanol–water partition coefficient (Wildman–Crippen LogP) is 2.08. The highest BCUT2D eigenvalue weighted by Crippen LogP contribution is 2.11. The number of nitrogens with zero attached hydrogens (tertiary/aromatic N) is 1. The van der Waals surface area contributed by atoms with Crippen molar-refractivity contribution in [1.29, 1.82) is 0 Å². The summed E-state index contributed by atoms with van der Waals surface area (Å²) in [7, 11) is -1.62. The van der Waals surface area contributed by atoms with Gasteiger partial charge in [-0.1, -0.05) is 13.8 Å². The third-order valence-electron chi connectivity index (χ3n) is 4.25. The Morgan fingerprint density at radius 1 is 1.23 bits per heavy atom. The van der Waals surface area contributed by atoms with Crippen LogP contribution in [-0.2, 0) is 14.8 Å². The summed E-state index contributed by atoms with van der Waals surface area (Å²) in [5.41, 5.74) is 0. The van der Waals surface area contributed by atoms with Crippen molar-refractivity contribution in [3.8, 4) is 0 Å². The summed E-state index contributed by atoms with van der Waals surface area (Å²) in [5.74, 6) is 1.33. The summed E-state index contributed by atoms with van der Waals surface area (Å²) in [5, 5.41) is 6.37. The quantitative estimate of drug-likeness (QED) is 0.241. The highest BCUT2D eigenvalue weighted by molar-refractivity contribution is 14.0. The molecule has 2 atom stereocenters. The monoisotopic (exact) mass is 504 g/mol. The number of hydrogen-bond acceptors (Lipinski definition) is 4. The van der Waals surface area contributed by atoms with E-state index in [9.17, 15) is 8.42 Å². The lowest BCUT2D eigenvalue weighted by Crippen LogP contribution is -2.45. The minimum atomic E-state index is -3.31. The van der Waals surface area contributed by atoms with Crippen LogP contribution in [0.15, 0.2) is 4.99 Å². The van der Waals surface area contributed by atoms with Crippen LogP contribution in [0.3, 0.4) is 0 Å². The molecule has 0 aliphatic carbocycles. The lowest BCUT2D eigenvalue weighted by Gasteiger charge is -2.22. The topological polar surface area (TPSA) is 91.8 Å². The highest BCUT2D eigenvalue weighted by atomic mass is 127. The molecule has 9 heteroatoms. The van der Waals surface area contributed by atoms with Crippen molar-refractivity contribution in [3.63, 3.8) is 0 Å². The van der Waals surface area contributed by atoms with Gasteiger partial charge in [0.25, 0.3) is 0 Å². The van der Waals surface area contributed by atoms with Gasteiger partial charge in [0.15, 0.2) is 5.96 Å². The van der Waals surface area contributed by atoms with E-state index in [0.717, 1.165) is 38.7 Å². The van der Waals surface area contributed by atoms with Crippen LogP contribution in [0.1, 0.15) is 52.9 Å². The molecule has 3 N–H and O–H groups in total. The number of aliphatic imine (C=N–C) groups is 1. The molecule has 1 rings (SSSR count). The highest BCUT2D eigenvalue weighted by Gasteiger charge is 2.17. The van der Waals surface area contributed by atoms with Gasteiger partial charge in [-0.3, -0.25) is 4.99 Å². The molecule has 1 aliphatic heterocycles. The summed E-state index contributed by atoms with van der Waals surface area (Å²) in [4.78, 5) is 4.15. The fourth-order valence-corrected chi connectivity index (χ4v) is 3.60. The van der Waals surface area contributed by atoms with Crippen molar-refractivity contribution in [1.82, 2.24) is 15.4 Å². The van der Waals surface area contributed by atoms with E-state index in [1.54, 1.807) is 7.05 Å². The van der Waals surface area contributed by atoms with Crippen LogP contribution in [0.25, 0.3) is 0 Å². The molecule has 0 spiro atoms. The Balaban J connectivity index is 0.00000625. The summed E-state index contributed by atoms with van der Waals surface area (Å²) in [6.07, 6.45) is 5.30. The molecule has 0 aromatic carbocycles. The van der Waals surface area contributed by atoms with E-state index in [0.29, 0.717) is 31.0 Å². The Morgan fingerprint density at radius 2 is 1.96 bits per heavy atom. The van der Waals surface area contributed by atoms with Crippen LogP contribution in [-0.4, -0.2) is 59.0 Å². The van der Waals surface area contributed by atoms with Gasteiger partial charge in [0.05, 0.1) is 11.9 Å². The van der Waals surface area contributed by atoms with Crippen molar-refractivity contribution in [2.75, 3.05) is 32.5 Å². The van der Waals surface area contributed by atoms with E-state index in [1.165, 1.54) is 0 Å². The summed E-state index contributed by atoms with van der Waals surface area (Å²) >= 11 is 0. The molecule has 0 bridgehead atoms. The second kappa shape index (κ2) is 14.0. The van der Waals surface area contributed by atoms with Gasteiger partial charge in [-0.05, 0) is 44.9 Å². The maximum atomic E-state index is 12.1. The Kier molecular flexibility index (Phi) is 13.9. The van der Waals surface area contributed by atoms with Crippen molar-refractivity contribution in [2.45, 2.75) is 65.0 Å². The lowest BCUT2D eigenvalue weighted by atomic mass is 10.0. The summed E-state index contributed by atoms with van der Waals surface area (Å²) < 4.78 is 32.3. The molecular weight excluding hydrogens is 467 g/mol. The maximum absolute atomic E-state index is 12.1. The van der Waals surface area contributed by atoms with Gasteiger partial charge < -0.3 is 15.4 Å². The molecule has 26 heavy (non-hydrogen) atoms. The van der Waals surface area contributed by atoms with E-state index in [2.05, 4.69) is 41.1 Å². The van der Waals surface area contributed by atoms with Gasteiger partial charge in [0, 0.05) is 32.8 Å². The fourth-order valence-electron chi connectivity index (χ4n) is 2.65. The average Bonchev–Trinajstić information content (AvgIpc) is 2.58. The number of halogens is 1. The molecular formula is C17H37IN4O3S. The Hall–Kier alpha value is -0.130. The van der Waals surface area contributed by atoms with Crippen LogP contribution in [0.4, 0.5) is 0 Å². The molecule has 0 saturated carbocycles. The SMILES string of the molecule is CN=C(NCCS(=O)(=O)NCC1CCCCO1)NC(C)CCC(C)C.I. The van der Waals surface area contributed by atoms with Gasteiger partial charge >= 0.3 is 0 Å². The lowest BCUT2D eigenvalue weighted by molar-refractivity contribution is 0.0200. The zero-order valence-corrected chi connectivity index (χ0v) is 19.7. The summed E-state index contributed by atoms with van der Waals surface area (Å²) in [6, 6.07) is 0.298.